The molecule has 18 heavy (non-hydrogen) atoms. The summed E-state index contributed by atoms with van der Waals surface area (Å²) in [5, 5.41) is 10.0. The molecule has 0 bridgehead atoms. The molecule has 0 saturated carbocycles. The minimum atomic E-state index is -0.318. The van der Waals surface area contributed by atoms with E-state index in [2.05, 4.69) is 24.3 Å². The third kappa shape index (κ3) is 4.01. The van der Waals surface area contributed by atoms with E-state index in [0.717, 1.165) is 31.2 Å². The first-order valence-corrected chi connectivity index (χ1v) is 6.63. The fourth-order valence-corrected chi connectivity index (χ4v) is 2.15. The molecule has 0 aliphatic rings. The molecule has 0 aromatic heterocycles. The highest BCUT2D eigenvalue weighted by molar-refractivity contribution is 5.17. The van der Waals surface area contributed by atoms with Gasteiger partial charge in [0.2, 0.25) is 0 Å². The van der Waals surface area contributed by atoms with Gasteiger partial charge in [-0.1, -0.05) is 67.1 Å². The number of rotatable bonds is 6. The van der Waals surface area contributed by atoms with Crippen LogP contribution >= 0.6 is 0 Å². The molecule has 1 heteroatoms. The summed E-state index contributed by atoms with van der Waals surface area (Å²) < 4.78 is 0. The maximum Gasteiger partial charge on any atom is 0.0790 e. The van der Waals surface area contributed by atoms with Gasteiger partial charge in [0, 0.05) is 0 Å². The van der Waals surface area contributed by atoms with Crippen molar-refractivity contribution in [3.05, 3.63) is 71.8 Å². The summed E-state index contributed by atoms with van der Waals surface area (Å²) in [6, 6.07) is 20.4. The Bertz CT molecular complexity index is 436. The standard InChI is InChI=1S/C17H20O/c18-17(16-12-5-2-6-13-16)14-8-7-11-15-9-3-1-4-10-15/h1-6,9-10,12-13,17-18H,7-8,11,14H2. The summed E-state index contributed by atoms with van der Waals surface area (Å²) in [5.74, 6) is 0. The van der Waals surface area contributed by atoms with Crippen molar-refractivity contribution < 1.29 is 5.11 Å². The van der Waals surface area contributed by atoms with Gasteiger partial charge in [0.15, 0.2) is 0 Å². The predicted molar refractivity (Wildman–Crippen MR) is 75.4 cm³/mol. The maximum absolute atomic E-state index is 10.0. The second-order valence-electron chi connectivity index (χ2n) is 4.66. The molecule has 0 heterocycles. The monoisotopic (exact) mass is 240 g/mol. The van der Waals surface area contributed by atoms with E-state index in [1.807, 2.05) is 36.4 Å². The zero-order valence-corrected chi connectivity index (χ0v) is 10.6. The lowest BCUT2D eigenvalue weighted by molar-refractivity contribution is 0.163. The van der Waals surface area contributed by atoms with E-state index in [1.165, 1.54) is 5.56 Å². The van der Waals surface area contributed by atoms with E-state index in [9.17, 15) is 5.11 Å². The number of aryl methyl sites for hydroxylation is 1. The zero-order chi connectivity index (χ0) is 12.6. The third-order valence-electron chi connectivity index (χ3n) is 3.22. The quantitative estimate of drug-likeness (QED) is 0.753. The minimum absolute atomic E-state index is 0.318. The van der Waals surface area contributed by atoms with Crippen LogP contribution in [0.1, 0.15) is 36.5 Å². The van der Waals surface area contributed by atoms with Crippen LogP contribution < -0.4 is 0 Å². The summed E-state index contributed by atoms with van der Waals surface area (Å²) in [6.45, 7) is 0. The predicted octanol–water partition coefficient (Wildman–Crippen LogP) is 4.13. The summed E-state index contributed by atoms with van der Waals surface area (Å²) in [5.41, 5.74) is 2.41. The summed E-state index contributed by atoms with van der Waals surface area (Å²) >= 11 is 0. The molecule has 0 amide bonds. The van der Waals surface area contributed by atoms with Crippen molar-refractivity contribution in [1.29, 1.82) is 0 Å². The van der Waals surface area contributed by atoms with Crippen molar-refractivity contribution >= 4 is 0 Å². The van der Waals surface area contributed by atoms with Crippen molar-refractivity contribution in [2.24, 2.45) is 0 Å². The highest BCUT2D eigenvalue weighted by atomic mass is 16.3. The zero-order valence-electron chi connectivity index (χ0n) is 10.6. The molecule has 0 aliphatic carbocycles. The van der Waals surface area contributed by atoms with E-state index < -0.39 is 0 Å². The Morgan fingerprint density at radius 2 is 1.39 bits per heavy atom. The SMILES string of the molecule is OC(CCCCc1ccccc1)c1ccccc1. The fraction of sp³-hybridized carbons (Fsp3) is 0.294. The van der Waals surface area contributed by atoms with E-state index in [0.29, 0.717) is 0 Å². The summed E-state index contributed by atoms with van der Waals surface area (Å²) in [7, 11) is 0. The lowest BCUT2D eigenvalue weighted by Gasteiger charge is -2.10. The van der Waals surface area contributed by atoms with Gasteiger partial charge in [-0.3, -0.25) is 0 Å². The Morgan fingerprint density at radius 1 is 0.778 bits per heavy atom. The van der Waals surface area contributed by atoms with Gasteiger partial charge in [0.25, 0.3) is 0 Å². The van der Waals surface area contributed by atoms with Gasteiger partial charge >= 0.3 is 0 Å². The topological polar surface area (TPSA) is 20.2 Å². The molecule has 2 aromatic rings. The van der Waals surface area contributed by atoms with Gasteiger partial charge in [-0.15, -0.1) is 0 Å². The van der Waals surface area contributed by atoms with Gasteiger partial charge in [0.05, 0.1) is 6.10 Å². The van der Waals surface area contributed by atoms with E-state index >= 15 is 0 Å². The van der Waals surface area contributed by atoms with Crippen LogP contribution in [-0.4, -0.2) is 5.11 Å². The number of hydrogen-bond donors (Lipinski definition) is 1. The molecule has 1 atom stereocenters. The molecular weight excluding hydrogens is 220 g/mol. The van der Waals surface area contributed by atoms with Crippen LogP contribution in [0.25, 0.3) is 0 Å². The third-order valence-corrected chi connectivity index (χ3v) is 3.22. The smallest absolute Gasteiger partial charge is 0.0790 e. The van der Waals surface area contributed by atoms with Crippen molar-refractivity contribution in [2.75, 3.05) is 0 Å². The van der Waals surface area contributed by atoms with Crippen LogP contribution in [0.5, 0.6) is 0 Å². The average molecular weight is 240 g/mol. The van der Waals surface area contributed by atoms with E-state index in [4.69, 9.17) is 0 Å². The molecule has 2 rings (SSSR count). The molecule has 0 spiro atoms. The largest absolute Gasteiger partial charge is 0.388 e. The van der Waals surface area contributed by atoms with Crippen LogP contribution in [0.15, 0.2) is 60.7 Å². The fourth-order valence-electron chi connectivity index (χ4n) is 2.15. The first kappa shape index (κ1) is 12.8. The number of aliphatic hydroxyl groups excluding tert-OH is 1. The number of unbranched alkanes of at least 4 members (excludes halogenated alkanes) is 1. The molecule has 2 aromatic carbocycles. The van der Waals surface area contributed by atoms with Gasteiger partial charge in [-0.2, -0.15) is 0 Å². The van der Waals surface area contributed by atoms with Crippen LogP contribution in [0.3, 0.4) is 0 Å². The van der Waals surface area contributed by atoms with E-state index in [-0.39, 0.29) is 6.10 Å². The Balaban J connectivity index is 1.70. The van der Waals surface area contributed by atoms with E-state index in [1.54, 1.807) is 0 Å². The lowest BCUT2D eigenvalue weighted by Crippen LogP contribution is -1.97. The highest BCUT2D eigenvalue weighted by Gasteiger charge is 2.05. The van der Waals surface area contributed by atoms with Gasteiger partial charge in [-0.25, -0.2) is 0 Å². The Hall–Kier alpha value is -1.60. The average Bonchev–Trinajstić information content (AvgIpc) is 2.45. The molecule has 94 valence electrons. The van der Waals surface area contributed by atoms with Gasteiger partial charge in [-0.05, 0) is 30.4 Å². The second kappa shape index (κ2) is 6.97. The normalized spacial score (nSPS) is 12.3. The second-order valence-corrected chi connectivity index (χ2v) is 4.66. The molecule has 1 nitrogen and oxygen atoms in total. The van der Waals surface area contributed by atoms with Crippen LogP contribution in [0.4, 0.5) is 0 Å². The first-order chi connectivity index (χ1) is 8.86. The Kier molecular flexibility index (Phi) is 4.98. The van der Waals surface area contributed by atoms with Crippen molar-refractivity contribution in [3.63, 3.8) is 0 Å². The van der Waals surface area contributed by atoms with Crippen LogP contribution in [-0.2, 0) is 6.42 Å². The Labute approximate surface area is 109 Å². The first-order valence-electron chi connectivity index (χ1n) is 6.63. The van der Waals surface area contributed by atoms with Crippen LogP contribution in [0, 0.1) is 0 Å². The number of aliphatic hydroxyl groups is 1. The molecule has 0 saturated heterocycles. The molecule has 1 N–H and O–H groups in total. The van der Waals surface area contributed by atoms with Gasteiger partial charge in [0.1, 0.15) is 0 Å². The Morgan fingerprint density at radius 3 is 2.06 bits per heavy atom. The molecular formula is C17H20O. The lowest BCUT2D eigenvalue weighted by atomic mass is 10.0. The highest BCUT2D eigenvalue weighted by Crippen LogP contribution is 2.19. The molecule has 0 radical (unpaired) electrons. The molecule has 1 unspecified atom stereocenters. The summed E-state index contributed by atoms with van der Waals surface area (Å²) in [6.07, 6.45) is 3.82. The van der Waals surface area contributed by atoms with Gasteiger partial charge < -0.3 is 5.11 Å². The molecule has 0 aliphatic heterocycles. The summed E-state index contributed by atoms with van der Waals surface area (Å²) in [4.78, 5) is 0. The molecule has 0 fully saturated rings. The number of benzene rings is 2. The van der Waals surface area contributed by atoms with Crippen molar-refractivity contribution in [1.82, 2.24) is 0 Å². The maximum atomic E-state index is 10.0. The number of hydrogen-bond acceptors (Lipinski definition) is 1. The minimum Gasteiger partial charge on any atom is -0.388 e. The van der Waals surface area contributed by atoms with Crippen LogP contribution in [0.2, 0.25) is 0 Å². The van der Waals surface area contributed by atoms with Crippen molar-refractivity contribution in [3.8, 4) is 0 Å². The van der Waals surface area contributed by atoms with Crippen molar-refractivity contribution in [2.45, 2.75) is 31.8 Å².